The molecule has 0 radical (unpaired) electrons. The standard InChI is InChI=1S/C19H27N/c1-4-10-16(11-5-1)19(17-12-6-2-7-13-17)20-18-14-8-3-9-15-18/h1,3-5,8,10-11,17-20H,2,6-7,9,12-15H2. The van der Waals surface area contributed by atoms with Crippen molar-refractivity contribution in [1.29, 1.82) is 0 Å². The van der Waals surface area contributed by atoms with Crippen LogP contribution >= 0.6 is 0 Å². The van der Waals surface area contributed by atoms with Gasteiger partial charge in [-0.2, -0.15) is 0 Å². The molecule has 2 aliphatic carbocycles. The quantitative estimate of drug-likeness (QED) is 0.758. The average Bonchev–Trinajstić information content (AvgIpc) is 2.55. The first-order valence-corrected chi connectivity index (χ1v) is 8.39. The SMILES string of the molecule is C1=CCC(NC(c2ccccc2)C2CCCCC2)CC1. The Hall–Kier alpha value is -1.08. The molecule has 3 rings (SSSR count). The van der Waals surface area contributed by atoms with E-state index < -0.39 is 0 Å². The van der Waals surface area contributed by atoms with E-state index in [9.17, 15) is 0 Å². The lowest BCUT2D eigenvalue weighted by molar-refractivity contribution is 0.248. The van der Waals surface area contributed by atoms with Crippen LogP contribution in [0.25, 0.3) is 0 Å². The van der Waals surface area contributed by atoms with E-state index in [-0.39, 0.29) is 0 Å². The van der Waals surface area contributed by atoms with E-state index in [1.54, 1.807) is 0 Å². The monoisotopic (exact) mass is 269 g/mol. The second kappa shape index (κ2) is 7.08. The molecule has 108 valence electrons. The summed E-state index contributed by atoms with van der Waals surface area (Å²) in [6, 6.07) is 12.4. The molecule has 2 atom stereocenters. The second-order valence-corrected chi connectivity index (χ2v) is 6.43. The van der Waals surface area contributed by atoms with Gasteiger partial charge in [-0.25, -0.2) is 0 Å². The smallest absolute Gasteiger partial charge is 0.0351 e. The molecule has 1 saturated carbocycles. The molecule has 1 heteroatoms. The molecule has 0 bridgehead atoms. The number of allylic oxidation sites excluding steroid dienone is 1. The van der Waals surface area contributed by atoms with E-state index in [4.69, 9.17) is 0 Å². The molecular weight excluding hydrogens is 242 g/mol. The van der Waals surface area contributed by atoms with Gasteiger partial charge in [0.1, 0.15) is 0 Å². The molecule has 1 nitrogen and oxygen atoms in total. The van der Waals surface area contributed by atoms with Crippen LogP contribution in [0.15, 0.2) is 42.5 Å². The third-order valence-electron chi connectivity index (χ3n) is 4.96. The molecule has 0 amide bonds. The summed E-state index contributed by atoms with van der Waals surface area (Å²) < 4.78 is 0. The van der Waals surface area contributed by atoms with Crippen LogP contribution in [-0.2, 0) is 0 Å². The molecule has 0 heterocycles. The van der Waals surface area contributed by atoms with Crippen LogP contribution in [-0.4, -0.2) is 6.04 Å². The highest BCUT2D eigenvalue weighted by Crippen LogP contribution is 2.35. The summed E-state index contributed by atoms with van der Waals surface area (Å²) in [7, 11) is 0. The summed E-state index contributed by atoms with van der Waals surface area (Å²) in [6.07, 6.45) is 15.5. The molecule has 2 unspecified atom stereocenters. The average molecular weight is 269 g/mol. The third-order valence-corrected chi connectivity index (χ3v) is 4.96. The van der Waals surface area contributed by atoms with E-state index in [1.165, 1.54) is 56.9 Å². The predicted molar refractivity (Wildman–Crippen MR) is 85.7 cm³/mol. The summed E-state index contributed by atoms with van der Waals surface area (Å²) in [4.78, 5) is 0. The van der Waals surface area contributed by atoms with Crippen molar-refractivity contribution in [3.8, 4) is 0 Å². The summed E-state index contributed by atoms with van der Waals surface area (Å²) in [6.45, 7) is 0. The highest BCUT2D eigenvalue weighted by molar-refractivity contribution is 5.20. The van der Waals surface area contributed by atoms with E-state index in [1.807, 2.05) is 0 Å². The van der Waals surface area contributed by atoms with Gasteiger partial charge in [-0.05, 0) is 43.6 Å². The molecule has 1 N–H and O–H groups in total. The fourth-order valence-corrected chi connectivity index (χ4v) is 3.83. The molecule has 1 aromatic carbocycles. The highest BCUT2D eigenvalue weighted by atomic mass is 15.0. The Labute approximate surface area is 123 Å². The zero-order valence-corrected chi connectivity index (χ0v) is 12.4. The zero-order chi connectivity index (χ0) is 13.6. The normalized spacial score (nSPS) is 25.5. The van der Waals surface area contributed by atoms with Gasteiger partial charge in [0.15, 0.2) is 0 Å². The van der Waals surface area contributed by atoms with Crippen LogP contribution in [0.2, 0.25) is 0 Å². The molecule has 2 aliphatic rings. The Morgan fingerprint density at radius 1 is 0.900 bits per heavy atom. The minimum atomic E-state index is 0.563. The van der Waals surface area contributed by atoms with Crippen molar-refractivity contribution in [2.75, 3.05) is 0 Å². The van der Waals surface area contributed by atoms with Crippen molar-refractivity contribution >= 4 is 0 Å². The van der Waals surface area contributed by atoms with Crippen LogP contribution < -0.4 is 5.32 Å². The van der Waals surface area contributed by atoms with Crippen molar-refractivity contribution in [3.63, 3.8) is 0 Å². The van der Waals surface area contributed by atoms with Crippen LogP contribution in [0.5, 0.6) is 0 Å². The Morgan fingerprint density at radius 3 is 2.40 bits per heavy atom. The Kier molecular flexibility index (Phi) is 4.91. The minimum absolute atomic E-state index is 0.563. The minimum Gasteiger partial charge on any atom is -0.307 e. The molecule has 1 aromatic rings. The number of rotatable bonds is 4. The van der Waals surface area contributed by atoms with Gasteiger partial charge in [-0.1, -0.05) is 61.7 Å². The number of hydrogen-bond donors (Lipinski definition) is 1. The number of hydrogen-bond acceptors (Lipinski definition) is 1. The van der Waals surface area contributed by atoms with Gasteiger partial charge >= 0.3 is 0 Å². The highest BCUT2D eigenvalue weighted by Gasteiger charge is 2.26. The van der Waals surface area contributed by atoms with Crippen molar-refractivity contribution in [3.05, 3.63) is 48.0 Å². The van der Waals surface area contributed by atoms with Crippen molar-refractivity contribution in [1.82, 2.24) is 5.32 Å². The van der Waals surface area contributed by atoms with Crippen molar-refractivity contribution < 1.29 is 0 Å². The molecule has 0 saturated heterocycles. The number of benzene rings is 1. The summed E-state index contributed by atoms with van der Waals surface area (Å²) >= 11 is 0. The zero-order valence-electron chi connectivity index (χ0n) is 12.4. The predicted octanol–water partition coefficient (Wildman–Crippen LogP) is 5.01. The van der Waals surface area contributed by atoms with Gasteiger partial charge in [0, 0.05) is 12.1 Å². The second-order valence-electron chi connectivity index (χ2n) is 6.43. The number of nitrogens with one attached hydrogen (secondary N) is 1. The fraction of sp³-hybridized carbons (Fsp3) is 0.579. The summed E-state index contributed by atoms with van der Waals surface area (Å²) in [5.41, 5.74) is 1.49. The van der Waals surface area contributed by atoms with Crippen molar-refractivity contribution in [2.24, 2.45) is 5.92 Å². The lowest BCUT2D eigenvalue weighted by Gasteiger charge is -2.35. The molecule has 0 spiro atoms. The van der Waals surface area contributed by atoms with Crippen LogP contribution in [0.3, 0.4) is 0 Å². The van der Waals surface area contributed by atoms with E-state index in [0.29, 0.717) is 12.1 Å². The summed E-state index contributed by atoms with van der Waals surface area (Å²) in [5.74, 6) is 0.831. The third kappa shape index (κ3) is 3.52. The van der Waals surface area contributed by atoms with Crippen LogP contribution in [0, 0.1) is 5.92 Å². The Morgan fingerprint density at radius 2 is 1.70 bits per heavy atom. The maximum atomic E-state index is 3.99. The Balaban J connectivity index is 1.73. The fourth-order valence-electron chi connectivity index (χ4n) is 3.83. The van der Waals surface area contributed by atoms with Gasteiger partial charge in [-0.15, -0.1) is 0 Å². The topological polar surface area (TPSA) is 12.0 Å². The Bertz CT molecular complexity index is 417. The molecule has 1 fully saturated rings. The van der Waals surface area contributed by atoms with Crippen LogP contribution in [0.1, 0.15) is 63.0 Å². The first-order chi connectivity index (χ1) is 9.93. The van der Waals surface area contributed by atoms with Crippen molar-refractivity contribution in [2.45, 2.75) is 63.5 Å². The summed E-state index contributed by atoms with van der Waals surface area (Å²) in [5, 5.41) is 3.99. The van der Waals surface area contributed by atoms with Gasteiger partial charge in [-0.3, -0.25) is 0 Å². The van der Waals surface area contributed by atoms with Crippen LogP contribution in [0.4, 0.5) is 0 Å². The first kappa shape index (κ1) is 13.9. The van der Waals surface area contributed by atoms with E-state index >= 15 is 0 Å². The molecule has 0 aromatic heterocycles. The molecular formula is C19H27N. The first-order valence-electron chi connectivity index (χ1n) is 8.39. The molecule has 20 heavy (non-hydrogen) atoms. The maximum Gasteiger partial charge on any atom is 0.0351 e. The lowest BCUT2D eigenvalue weighted by atomic mass is 9.80. The van der Waals surface area contributed by atoms with E-state index in [0.717, 1.165) is 5.92 Å². The van der Waals surface area contributed by atoms with E-state index in [2.05, 4.69) is 47.8 Å². The van der Waals surface area contributed by atoms with Gasteiger partial charge in [0.2, 0.25) is 0 Å². The lowest BCUT2D eigenvalue weighted by Crippen LogP contribution is -2.37. The largest absolute Gasteiger partial charge is 0.307 e. The van der Waals surface area contributed by atoms with Gasteiger partial charge < -0.3 is 5.32 Å². The van der Waals surface area contributed by atoms with Gasteiger partial charge in [0.05, 0.1) is 0 Å². The maximum absolute atomic E-state index is 3.99. The van der Waals surface area contributed by atoms with Gasteiger partial charge in [0.25, 0.3) is 0 Å². The molecule has 0 aliphatic heterocycles.